The van der Waals surface area contributed by atoms with E-state index in [1.54, 1.807) is 14.0 Å². The predicted molar refractivity (Wildman–Crippen MR) is 43.3 cm³/mol. The lowest BCUT2D eigenvalue weighted by molar-refractivity contribution is 0.345. The van der Waals surface area contributed by atoms with Gasteiger partial charge in [-0.25, -0.2) is 4.67 Å². The summed E-state index contributed by atoms with van der Waals surface area (Å²) in [5, 5.41) is 0. The van der Waals surface area contributed by atoms with Crippen LogP contribution in [-0.2, 0) is 4.57 Å². The minimum absolute atomic E-state index is 0.135. The van der Waals surface area contributed by atoms with Gasteiger partial charge in [0.2, 0.25) is 0 Å². The van der Waals surface area contributed by atoms with Crippen molar-refractivity contribution >= 4 is 7.52 Å². The van der Waals surface area contributed by atoms with Crippen LogP contribution in [0.4, 0.5) is 0 Å². The van der Waals surface area contributed by atoms with Crippen molar-refractivity contribution < 1.29 is 9.46 Å². The van der Waals surface area contributed by atoms with E-state index in [-0.39, 0.29) is 6.04 Å². The van der Waals surface area contributed by atoms with E-state index < -0.39 is 7.52 Å². The Hall–Kier alpha value is 0.150. The molecular formula is C6H16NO2P. The maximum Gasteiger partial charge on any atom is 0.269 e. The fourth-order valence-electron chi connectivity index (χ4n) is 0.584. The highest BCUT2D eigenvalue weighted by Crippen LogP contribution is 2.44. The molecule has 0 aliphatic rings. The molecule has 1 unspecified atom stereocenters. The van der Waals surface area contributed by atoms with E-state index in [0.29, 0.717) is 6.16 Å². The Morgan fingerprint density at radius 3 is 2.10 bits per heavy atom. The molecule has 4 heteroatoms. The quantitative estimate of drug-likeness (QED) is 0.645. The van der Waals surface area contributed by atoms with Gasteiger partial charge in [-0.2, -0.15) is 0 Å². The monoisotopic (exact) mass is 165 g/mol. The lowest BCUT2D eigenvalue weighted by Crippen LogP contribution is -2.23. The highest BCUT2D eigenvalue weighted by atomic mass is 31.2. The van der Waals surface area contributed by atoms with E-state index in [1.165, 1.54) is 4.67 Å². The Bertz CT molecular complexity index is 147. The summed E-state index contributed by atoms with van der Waals surface area (Å²) in [5.41, 5.74) is 0. The molecular weight excluding hydrogens is 149 g/mol. The molecule has 0 amide bonds. The van der Waals surface area contributed by atoms with Crippen molar-refractivity contribution in [2.24, 2.45) is 0 Å². The minimum Gasteiger partial charge on any atom is -0.333 e. The fraction of sp³-hybridized carbons (Fsp3) is 1.00. The summed E-state index contributed by atoms with van der Waals surface area (Å²) in [4.78, 5) is 9.24. The van der Waals surface area contributed by atoms with Gasteiger partial charge < -0.3 is 4.89 Å². The first-order chi connectivity index (χ1) is 4.41. The van der Waals surface area contributed by atoms with Crippen LogP contribution in [0.25, 0.3) is 0 Å². The average Bonchev–Trinajstić information content (AvgIpc) is 1.86. The molecule has 0 heterocycles. The highest BCUT2D eigenvalue weighted by Gasteiger charge is 2.23. The molecule has 0 spiro atoms. The molecule has 0 saturated heterocycles. The zero-order chi connectivity index (χ0) is 8.36. The summed E-state index contributed by atoms with van der Waals surface area (Å²) in [6.45, 7) is 5.52. The van der Waals surface area contributed by atoms with Crippen LogP contribution in [0.5, 0.6) is 0 Å². The van der Waals surface area contributed by atoms with E-state index in [2.05, 4.69) is 0 Å². The van der Waals surface area contributed by atoms with E-state index in [9.17, 15) is 9.46 Å². The van der Waals surface area contributed by atoms with E-state index in [0.717, 1.165) is 0 Å². The fourth-order valence-corrected chi connectivity index (χ4v) is 1.75. The second kappa shape index (κ2) is 3.51. The molecule has 0 bridgehead atoms. The van der Waals surface area contributed by atoms with Gasteiger partial charge >= 0.3 is 0 Å². The van der Waals surface area contributed by atoms with Crippen LogP contribution in [0.15, 0.2) is 0 Å². The van der Waals surface area contributed by atoms with Gasteiger partial charge in [0.15, 0.2) is 0 Å². The molecule has 0 aromatic rings. The zero-order valence-electron chi connectivity index (χ0n) is 7.03. The van der Waals surface area contributed by atoms with Crippen LogP contribution >= 0.6 is 7.52 Å². The standard InChI is InChI=1S/C6H16NO2P/c1-5-10(8,9)7(4)6(2)3/h6H,5H2,1-4H3,(H,8,9). The van der Waals surface area contributed by atoms with Gasteiger partial charge in [-0.1, -0.05) is 6.92 Å². The maximum absolute atomic E-state index is 11.2. The third-order valence-electron chi connectivity index (χ3n) is 1.65. The maximum atomic E-state index is 11.2. The minimum atomic E-state index is -2.99. The summed E-state index contributed by atoms with van der Waals surface area (Å²) in [6, 6.07) is 0.135. The molecule has 0 aromatic heterocycles. The normalized spacial score (nSPS) is 17.9. The average molecular weight is 165 g/mol. The molecule has 0 rings (SSSR count). The Balaban J connectivity index is 4.19. The second-order valence-corrected chi connectivity index (χ2v) is 5.24. The molecule has 0 fully saturated rings. The van der Waals surface area contributed by atoms with Gasteiger partial charge in [0, 0.05) is 12.2 Å². The summed E-state index contributed by atoms with van der Waals surface area (Å²) in [6.07, 6.45) is 0.321. The molecule has 0 aliphatic carbocycles. The molecule has 0 aromatic carbocycles. The Kier molecular flexibility index (Phi) is 3.57. The third kappa shape index (κ3) is 2.41. The van der Waals surface area contributed by atoms with Crippen molar-refractivity contribution in [2.45, 2.75) is 26.8 Å². The van der Waals surface area contributed by atoms with Crippen LogP contribution in [-0.4, -0.2) is 28.8 Å². The van der Waals surface area contributed by atoms with E-state index in [1.807, 2.05) is 13.8 Å². The summed E-state index contributed by atoms with van der Waals surface area (Å²) >= 11 is 0. The number of nitrogens with zero attached hydrogens (tertiary/aromatic N) is 1. The van der Waals surface area contributed by atoms with Crippen LogP contribution in [0.1, 0.15) is 20.8 Å². The largest absolute Gasteiger partial charge is 0.333 e. The molecule has 0 aliphatic heterocycles. The topological polar surface area (TPSA) is 40.5 Å². The first-order valence-electron chi connectivity index (χ1n) is 3.47. The molecule has 10 heavy (non-hydrogen) atoms. The van der Waals surface area contributed by atoms with Crippen molar-refractivity contribution in [3.8, 4) is 0 Å². The lowest BCUT2D eigenvalue weighted by atomic mass is 10.4. The Morgan fingerprint density at radius 1 is 1.60 bits per heavy atom. The van der Waals surface area contributed by atoms with Crippen LogP contribution in [0.3, 0.4) is 0 Å². The number of hydrogen-bond acceptors (Lipinski definition) is 1. The molecule has 62 valence electrons. The van der Waals surface area contributed by atoms with Gasteiger partial charge in [-0.15, -0.1) is 0 Å². The van der Waals surface area contributed by atoms with Crippen LogP contribution in [0, 0.1) is 0 Å². The van der Waals surface area contributed by atoms with E-state index >= 15 is 0 Å². The third-order valence-corrected chi connectivity index (χ3v) is 3.92. The SMILES string of the molecule is CCP(=O)(O)N(C)C(C)C. The number of hydrogen-bond donors (Lipinski definition) is 1. The predicted octanol–water partition coefficient (Wildman–Crippen LogP) is 1.53. The van der Waals surface area contributed by atoms with Gasteiger partial charge in [-0.3, -0.25) is 4.57 Å². The van der Waals surface area contributed by atoms with Crippen LogP contribution in [0.2, 0.25) is 0 Å². The molecule has 0 radical (unpaired) electrons. The van der Waals surface area contributed by atoms with Crippen molar-refractivity contribution in [1.29, 1.82) is 0 Å². The lowest BCUT2D eigenvalue weighted by Gasteiger charge is -2.25. The van der Waals surface area contributed by atoms with Crippen molar-refractivity contribution in [2.75, 3.05) is 13.2 Å². The van der Waals surface area contributed by atoms with Crippen molar-refractivity contribution in [3.05, 3.63) is 0 Å². The summed E-state index contributed by atoms with van der Waals surface area (Å²) < 4.78 is 12.7. The summed E-state index contributed by atoms with van der Waals surface area (Å²) in [5.74, 6) is 0. The first kappa shape index (κ1) is 10.2. The van der Waals surface area contributed by atoms with Crippen molar-refractivity contribution in [1.82, 2.24) is 4.67 Å². The Labute approximate surface area is 62.6 Å². The smallest absolute Gasteiger partial charge is 0.269 e. The second-order valence-electron chi connectivity index (χ2n) is 2.65. The summed E-state index contributed by atoms with van der Waals surface area (Å²) in [7, 11) is -1.31. The van der Waals surface area contributed by atoms with Gasteiger partial charge in [-0.05, 0) is 20.9 Å². The van der Waals surface area contributed by atoms with Gasteiger partial charge in [0.1, 0.15) is 0 Å². The Morgan fingerprint density at radius 2 is 2.00 bits per heavy atom. The van der Waals surface area contributed by atoms with E-state index in [4.69, 9.17) is 0 Å². The first-order valence-corrected chi connectivity index (χ1v) is 5.26. The molecule has 0 saturated carbocycles. The van der Waals surface area contributed by atoms with Gasteiger partial charge in [0.05, 0.1) is 0 Å². The molecule has 1 atom stereocenters. The van der Waals surface area contributed by atoms with Gasteiger partial charge in [0.25, 0.3) is 7.52 Å². The molecule has 1 N–H and O–H groups in total. The number of rotatable bonds is 3. The van der Waals surface area contributed by atoms with Crippen molar-refractivity contribution in [3.63, 3.8) is 0 Å². The van der Waals surface area contributed by atoms with Crippen LogP contribution < -0.4 is 0 Å². The molecule has 3 nitrogen and oxygen atoms in total. The highest BCUT2D eigenvalue weighted by molar-refractivity contribution is 7.55. The zero-order valence-corrected chi connectivity index (χ0v) is 7.93.